The zero-order chi connectivity index (χ0) is 13.7. The molecule has 0 radical (unpaired) electrons. The van der Waals surface area contributed by atoms with Crippen LogP contribution in [0.1, 0.15) is 10.4 Å². The summed E-state index contributed by atoms with van der Waals surface area (Å²) in [6.07, 6.45) is 0. The third kappa shape index (κ3) is 2.28. The summed E-state index contributed by atoms with van der Waals surface area (Å²) in [4.78, 5) is 11.9. The number of rotatable bonds is 5. The highest BCUT2D eigenvalue weighted by molar-refractivity contribution is 6.13. The van der Waals surface area contributed by atoms with Crippen LogP contribution in [0.3, 0.4) is 0 Å². The number of ether oxygens (including phenoxy) is 3. The zero-order valence-corrected chi connectivity index (χ0v) is 10.4. The van der Waals surface area contributed by atoms with Gasteiger partial charge >= 0.3 is 0 Å². The number of carbonyl (C=O) groups excluding carboxylic acids is 1. The first-order chi connectivity index (χ1) is 8.60. The van der Waals surface area contributed by atoms with Crippen molar-refractivity contribution in [3.63, 3.8) is 0 Å². The highest BCUT2D eigenvalue weighted by Crippen LogP contribution is 2.40. The van der Waals surface area contributed by atoms with E-state index in [1.54, 1.807) is 12.1 Å². The van der Waals surface area contributed by atoms with Gasteiger partial charge in [-0.3, -0.25) is 4.79 Å². The van der Waals surface area contributed by atoms with Gasteiger partial charge in [0.15, 0.2) is 11.5 Å². The Morgan fingerprint density at radius 3 is 2.22 bits per heavy atom. The number of carbonyl (C=O) groups is 1. The molecule has 94 valence electrons. The van der Waals surface area contributed by atoms with E-state index in [0.29, 0.717) is 11.5 Å². The summed E-state index contributed by atoms with van der Waals surface area (Å²) in [5.74, 6) is 0.457. The van der Waals surface area contributed by atoms with Gasteiger partial charge in [-0.2, -0.15) is 5.26 Å². The number of nitrogens with zero attached hydrogens (tertiary/aromatic N) is 1. The monoisotopic (exact) mass is 247 g/mol. The Hall–Kier alpha value is -2.48. The van der Waals surface area contributed by atoms with Crippen LogP contribution in [-0.4, -0.2) is 27.1 Å². The number of hydrogen-bond donors (Lipinski definition) is 0. The van der Waals surface area contributed by atoms with Crippen LogP contribution < -0.4 is 14.2 Å². The van der Waals surface area contributed by atoms with Crippen molar-refractivity contribution >= 4 is 5.78 Å². The van der Waals surface area contributed by atoms with Crippen molar-refractivity contribution < 1.29 is 19.0 Å². The molecule has 5 heteroatoms. The molecule has 0 spiro atoms. The second kappa shape index (κ2) is 5.73. The van der Waals surface area contributed by atoms with E-state index in [1.165, 1.54) is 27.4 Å². The lowest BCUT2D eigenvalue weighted by Gasteiger charge is -2.14. The molecule has 0 saturated heterocycles. The van der Waals surface area contributed by atoms with Crippen molar-refractivity contribution in [3.05, 3.63) is 29.8 Å². The van der Waals surface area contributed by atoms with Crippen molar-refractivity contribution in [1.29, 1.82) is 5.26 Å². The molecule has 0 bridgehead atoms. The lowest BCUT2D eigenvalue weighted by atomic mass is 10.0. The lowest BCUT2D eigenvalue weighted by molar-refractivity contribution is 0.103. The average Bonchev–Trinajstić information content (AvgIpc) is 2.43. The average molecular weight is 247 g/mol. The van der Waals surface area contributed by atoms with Crippen LogP contribution in [0.25, 0.3) is 0 Å². The minimum atomic E-state index is -0.504. The maximum Gasteiger partial charge on any atom is 0.206 e. The molecule has 1 rings (SSSR count). The molecule has 5 nitrogen and oxygen atoms in total. The van der Waals surface area contributed by atoms with E-state index >= 15 is 0 Å². The SMILES string of the molecule is C=C(C#N)C(=O)c1ccc(OC)c(OC)c1OC. The Balaban J connectivity index is 3.43. The molecule has 0 amide bonds. The second-order valence-electron chi connectivity index (χ2n) is 3.30. The van der Waals surface area contributed by atoms with Gasteiger partial charge in [-0.15, -0.1) is 0 Å². The fourth-order valence-corrected chi connectivity index (χ4v) is 1.49. The molecule has 0 unspecified atom stereocenters. The van der Waals surface area contributed by atoms with E-state index in [4.69, 9.17) is 19.5 Å². The first-order valence-electron chi connectivity index (χ1n) is 5.03. The molecule has 1 aromatic rings. The molecule has 0 N–H and O–H groups in total. The van der Waals surface area contributed by atoms with Crippen LogP contribution in [0.4, 0.5) is 0 Å². The maximum absolute atomic E-state index is 11.9. The minimum absolute atomic E-state index is 0.166. The Labute approximate surface area is 105 Å². The summed E-state index contributed by atoms with van der Waals surface area (Å²) < 4.78 is 15.4. The van der Waals surface area contributed by atoms with Gasteiger partial charge in [-0.05, 0) is 12.1 Å². The third-order valence-electron chi connectivity index (χ3n) is 2.36. The normalized spacial score (nSPS) is 9.22. The van der Waals surface area contributed by atoms with Crippen molar-refractivity contribution in [2.24, 2.45) is 0 Å². The van der Waals surface area contributed by atoms with Gasteiger partial charge in [0.1, 0.15) is 6.07 Å². The summed E-state index contributed by atoms with van der Waals surface area (Å²) in [5.41, 5.74) is 0.0437. The number of hydrogen-bond acceptors (Lipinski definition) is 5. The molecule has 1 aromatic carbocycles. The quantitative estimate of drug-likeness (QED) is 0.452. The van der Waals surface area contributed by atoms with Crippen LogP contribution in [0.15, 0.2) is 24.3 Å². The van der Waals surface area contributed by atoms with E-state index < -0.39 is 5.78 Å². The second-order valence-corrected chi connectivity index (χ2v) is 3.30. The molecule has 0 aliphatic rings. The van der Waals surface area contributed by atoms with E-state index in [9.17, 15) is 4.79 Å². The van der Waals surface area contributed by atoms with E-state index in [2.05, 4.69) is 6.58 Å². The molecule has 0 fully saturated rings. The molecule has 0 saturated carbocycles. The number of ketones is 1. The van der Waals surface area contributed by atoms with Gasteiger partial charge in [0.2, 0.25) is 11.5 Å². The lowest BCUT2D eigenvalue weighted by Crippen LogP contribution is -2.06. The van der Waals surface area contributed by atoms with Gasteiger partial charge in [-0.25, -0.2) is 0 Å². The highest BCUT2D eigenvalue weighted by atomic mass is 16.5. The van der Waals surface area contributed by atoms with Crippen LogP contribution in [0.2, 0.25) is 0 Å². The number of Topliss-reactive ketones (excluding diaryl/α,β-unsaturated/α-hetero) is 1. The first kappa shape index (κ1) is 13.6. The molecule has 0 aliphatic heterocycles. The molecular formula is C13H13NO4. The van der Waals surface area contributed by atoms with Gasteiger partial charge < -0.3 is 14.2 Å². The Bertz CT molecular complexity index is 529. The molecule has 0 atom stereocenters. The van der Waals surface area contributed by atoms with Crippen molar-refractivity contribution in [1.82, 2.24) is 0 Å². The van der Waals surface area contributed by atoms with Gasteiger partial charge in [-0.1, -0.05) is 6.58 Å². The number of methoxy groups -OCH3 is 3. The maximum atomic E-state index is 11.9. The Kier molecular flexibility index (Phi) is 4.33. The van der Waals surface area contributed by atoms with Crippen LogP contribution >= 0.6 is 0 Å². The number of allylic oxidation sites excluding steroid dienone is 1. The third-order valence-corrected chi connectivity index (χ3v) is 2.36. The van der Waals surface area contributed by atoms with E-state index in [0.717, 1.165) is 0 Å². The molecule has 0 heterocycles. The van der Waals surface area contributed by atoms with Gasteiger partial charge in [0.25, 0.3) is 0 Å². The molecule has 18 heavy (non-hydrogen) atoms. The number of benzene rings is 1. The zero-order valence-electron chi connectivity index (χ0n) is 10.4. The molecular weight excluding hydrogens is 234 g/mol. The van der Waals surface area contributed by atoms with Crippen molar-refractivity contribution in [2.75, 3.05) is 21.3 Å². The predicted octanol–water partition coefficient (Wildman–Crippen LogP) is 1.97. The summed E-state index contributed by atoms with van der Waals surface area (Å²) in [5, 5.41) is 8.69. The predicted molar refractivity (Wildman–Crippen MR) is 65.2 cm³/mol. The number of nitriles is 1. The van der Waals surface area contributed by atoms with Gasteiger partial charge in [0, 0.05) is 0 Å². The van der Waals surface area contributed by atoms with E-state index in [1.807, 2.05) is 0 Å². The van der Waals surface area contributed by atoms with Gasteiger partial charge in [0.05, 0.1) is 32.5 Å². The van der Waals surface area contributed by atoms with Crippen LogP contribution in [0, 0.1) is 11.3 Å². The Morgan fingerprint density at radius 1 is 1.17 bits per heavy atom. The van der Waals surface area contributed by atoms with Crippen molar-refractivity contribution in [2.45, 2.75) is 0 Å². The first-order valence-corrected chi connectivity index (χ1v) is 5.03. The van der Waals surface area contributed by atoms with Crippen LogP contribution in [-0.2, 0) is 0 Å². The summed E-state index contributed by atoms with van der Waals surface area (Å²) in [6.45, 7) is 3.38. The fourth-order valence-electron chi connectivity index (χ4n) is 1.49. The van der Waals surface area contributed by atoms with Crippen molar-refractivity contribution in [3.8, 4) is 23.3 Å². The highest BCUT2D eigenvalue weighted by Gasteiger charge is 2.21. The summed E-state index contributed by atoms with van der Waals surface area (Å²) >= 11 is 0. The summed E-state index contributed by atoms with van der Waals surface area (Å²) in [6, 6.07) is 4.78. The fraction of sp³-hybridized carbons (Fsp3) is 0.231. The molecule has 0 aromatic heterocycles. The molecule has 0 aliphatic carbocycles. The minimum Gasteiger partial charge on any atom is -0.493 e. The standard InChI is InChI=1S/C13H13NO4/c1-8(7-14)11(15)9-5-6-10(16-2)13(18-4)12(9)17-3/h5-6H,1H2,2-4H3. The van der Waals surface area contributed by atoms with E-state index in [-0.39, 0.29) is 16.9 Å². The smallest absolute Gasteiger partial charge is 0.206 e. The summed E-state index contributed by atoms with van der Waals surface area (Å²) in [7, 11) is 4.32. The Morgan fingerprint density at radius 2 is 1.78 bits per heavy atom. The topological polar surface area (TPSA) is 68.6 Å². The largest absolute Gasteiger partial charge is 0.493 e. The van der Waals surface area contributed by atoms with Crippen LogP contribution in [0.5, 0.6) is 17.2 Å².